The molecule has 3 heteroatoms. The molecule has 0 amide bonds. The van der Waals surface area contributed by atoms with E-state index in [4.69, 9.17) is 4.42 Å². The Morgan fingerprint density at radius 3 is 2.27 bits per heavy atom. The summed E-state index contributed by atoms with van der Waals surface area (Å²) < 4.78 is 6.35. The lowest BCUT2D eigenvalue weighted by Gasteiger charge is -2.32. The number of nitrogens with zero attached hydrogens (tertiary/aromatic N) is 2. The lowest BCUT2D eigenvalue weighted by molar-refractivity contribution is 0.439. The second kappa shape index (κ2) is 7.06. The van der Waals surface area contributed by atoms with Crippen molar-refractivity contribution >= 4 is 27.6 Å². The molecule has 0 aliphatic rings. The van der Waals surface area contributed by atoms with Crippen LogP contribution in [0, 0.1) is 0 Å². The Bertz CT molecular complexity index is 932. The quantitative estimate of drug-likeness (QED) is 0.533. The maximum atomic E-state index is 6.35. The molecule has 0 spiro atoms. The number of furan rings is 1. The van der Waals surface area contributed by atoms with Crippen molar-refractivity contribution in [2.75, 3.05) is 26.0 Å². The van der Waals surface area contributed by atoms with E-state index in [1.165, 1.54) is 22.0 Å². The molecule has 1 aromatic heterocycles. The second-order valence-electron chi connectivity index (χ2n) is 7.58. The minimum atomic E-state index is 0.114. The monoisotopic (exact) mass is 350 g/mol. The molecule has 0 aliphatic heterocycles. The Labute approximate surface area is 156 Å². The van der Waals surface area contributed by atoms with Crippen molar-refractivity contribution in [3.63, 3.8) is 0 Å². The number of fused-ring (bicyclic) bond motifs is 3. The first kappa shape index (κ1) is 18.4. The van der Waals surface area contributed by atoms with Gasteiger partial charge in [0.05, 0.1) is 5.69 Å². The van der Waals surface area contributed by atoms with E-state index in [0.717, 1.165) is 24.0 Å². The van der Waals surface area contributed by atoms with Gasteiger partial charge in [-0.1, -0.05) is 51.1 Å². The van der Waals surface area contributed by atoms with E-state index >= 15 is 0 Å². The highest BCUT2D eigenvalue weighted by Crippen LogP contribution is 2.44. The first-order valence-corrected chi connectivity index (χ1v) is 9.43. The zero-order valence-corrected chi connectivity index (χ0v) is 16.8. The first-order valence-electron chi connectivity index (χ1n) is 9.43. The largest absolute Gasteiger partial charge is 0.454 e. The van der Waals surface area contributed by atoms with Crippen LogP contribution in [0.5, 0.6) is 0 Å². The average molecular weight is 351 g/mol. The van der Waals surface area contributed by atoms with Crippen molar-refractivity contribution in [2.45, 2.75) is 39.0 Å². The minimum absolute atomic E-state index is 0.114. The van der Waals surface area contributed by atoms with Crippen LogP contribution in [0.25, 0.3) is 21.9 Å². The molecule has 3 aromatic rings. The molecule has 0 N–H and O–H groups in total. The van der Waals surface area contributed by atoms with Crippen LogP contribution >= 0.6 is 0 Å². The van der Waals surface area contributed by atoms with Crippen LogP contribution in [0.3, 0.4) is 0 Å². The lowest BCUT2D eigenvalue weighted by Crippen LogP contribution is -2.24. The zero-order valence-electron chi connectivity index (χ0n) is 16.8. The molecule has 0 radical (unpaired) electrons. The van der Waals surface area contributed by atoms with Crippen molar-refractivity contribution in [3.8, 4) is 0 Å². The zero-order chi connectivity index (χ0) is 18.9. The van der Waals surface area contributed by atoms with Crippen LogP contribution in [0.1, 0.15) is 39.2 Å². The van der Waals surface area contributed by atoms with E-state index in [9.17, 15) is 0 Å². The molecule has 0 aliphatic carbocycles. The van der Waals surface area contributed by atoms with Gasteiger partial charge in [0.2, 0.25) is 0 Å². The third kappa shape index (κ3) is 3.07. The van der Waals surface area contributed by atoms with Crippen LogP contribution in [0.2, 0.25) is 0 Å². The van der Waals surface area contributed by atoms with Gasteiger partial charge in [0.1, 0.15) is 5.58 Å². The molecular formula is C23H30N2O. The van der Waals surface area contributed by atoms with Crippen molar-refractivity contribution in [1.82, 2.24) is 4.90 Å². The Morgan fingerprint density at radius 2 is 1.62 bits per heavy atom. The molecule has 0 fully saturated rings. The molecule has 0 atom stereocenters. The number of benzene rings is 2. The molecular weight excluding hydrogens is 320 g/mol. The molecule has 0 bridgehead atoms. The van der Waals surface area contributed by atoms with Gasteiger partial charge in [-0.15, -0.1) is 0 Å². The molecule has 1 heterocycles. The molecule has 0 saturated heterocycles. The van der Waals surface area contributed by atoms with Gasteiger partial charge in [-0.2, -0.15) is 0 Å². The summed E-state index contributed by atoms with van der Waals surface area (Å²) in [5.41, 5.74) is 4.55. The van der Waals surface area contributed by atoms with Gasteiger partial charge in [0.15, 0.2) is 5.58 Å². The summed E-state index contributed by atoms with van der Waals surface area (Å²) in [6.45, 7) is 6.89. The van der Waals surface area contributed by atoms with E-state index in [1.54, 1.807) is 0 Å². The fourth-order valence-corrected chi connectivity index (χ4v) is 3.55. The first-order chi connectivity index (χ1) is 12.4. The molecule has 0 unspecified atom stereocenters. The number of hydrogen-bond acceptors (Lipinski definition) is 3. The highest BCUT2D eigenvalue weighted by Gasteiger charge is 2.29. The van der Waals surface area contributed by atoms with Crippen LogP contribution in [-0.2, 0) is 5.41 Å². The Morgan fingerprint density at radius 1 is 0.923 bits per heavy atom. The maximum Gasteiger partial charge on any atom is 0.159 e. The Hall–Kier alpha value is -2.42. The standard InChI is InChI=1S/C23H30N2O/c1-7-23(3,8-2)19-14-13-18-17-11-9-10-12-20(17)26-22(18)21(19)25(6)16-15-24(4)5/h9-16H,7-8H2,1-6H3/b16-15-. The SMILES string of the molecule is CCC(C)(CC)c1ccc2c(oc3ccccc32)c1N(C)/C=C\N(C)C. The van der Waals surface area contributed by atoms with Gasteiger partial charge < -0.3 is 14.2 Å². The highest BCUT2D eigenvalue weighted by atomic mass is 16.3. The molecule has 138 valence electrons. The summed E-state index contributed by atoms with van der Waals surface area (Å²) in [6.07, 6.45) is 6.36. The van der Waals surface area contributed by atoms with E-state index in [-0.39, 0.29) is 5.41 Å². The van der Waals surface area contributed by atoms with Crippen molar-refractivity contribution in [3.05, 3.63) is 54.4 Å². The van der Waals surface area contributed by atoms with Gasteiger partial charge >= 0.3 is 0 Å². The molecule has 3 nitrogen and oxygen atoms in total. The summed E-state index contributed by atoms with van der Waals surface area (Å²) in [5.74, 6) is 0. The summed E-state index contributed by atoms with van der Waals surface area (Å²) in [7, 11) is 6.18. The van der Waals surface area contributed by atoms with E-state index in [2.05, 4.69) is 69.4 Å². The predicted molar refractivity (Wildman–Crippen MR) is 113 cm³/mol. The minimum Gasteiger partial charge on any atom is -0.454 e. The van der Waals surface area contributed by atoms with Gasteiger partial charge in [-0.25, -0.2) is 0 Å². The molecule has 2 aromatic carbocycles. The predicted octanol–water partition coefficient (Wildman–Crippen LogP) is 6.13. The van der Waals surface area contributed by atoms with E-state index < -0.39 is 0 Å². The van der Waals surface area contributed by atoms with E-state index in [0.29, 0.717) is 0 Å². The molecule has 26 heavy (non-hydrogen) atoms. The highest BCUT2D eigenvalue weighted by molar-refractivity contribution is 6.09. The van der Waals surface area contributed by atoms with Gasteiger partial charge in [0.25, 0.3) is 0 Å². The summed E-state index contributed by atoms with van der Waals surface area (Å²) in [4.78, 5) is 4.25. The van der Waals surface area contributed by atoms with E-state index in [1.807, 2.05) is 31.1 Å². The van der Waals surface area contributed by atoms with Crippen LogP contribution in [-0.4, -0.2) is 26.0 Å². The average Bonchev–Trinajstić information content (AvgIpc) is 3.03. The number of para-hydroxylation sites is 1. The Balaban J connectivity index is 2.33. The second-order valence-corrected chi connectivity index (χ2v) is 7.58. The number of hydrogen-bond donors (Lipinski definition) is 0. The van der Waals surface area contributed by atoms with Gasteiger partial charge in [-0.3, -0.25) is 0 Å². The number of anilines is 1. The third-order valence-electron chi connectivity index (χ3n) is 5.67. The summed E-state index contributed by atoms with van der Waals surface area (Å²) in [5, 5.41) is 2.36. The van der Waals surface area contributed by atoms with Crippen LogP contribution in [0.15, 0.2) is 53.2 Å². The summed E-state index contributed by atoms with van der Waals surface area (Å²) in [6, 6.07) is 12.8. The smallest absolute Gasteiger partial charge is 0.159 e. The molecule has 3 rings (SSSR count). The van der Waals surface area contributed by atoms with Crippen LogP contribution < -0.4 is 4.90 Å². The lowest BCUT2D eigenvalue weighted by atomic mass is 9.76. The molecule has 0 saturated carbocycles. The Kier molecular flexibility index (Phi) is 4.99. The number of rotatable bonds is 6. The van der Waals surface area contributed by atoms with Crippen molar-refractivity contribution in [1.29, 1.82) is 0 Å². The normalized spacial score (nSPS) is 12.4. The maximum absolute atomic E-state index is 6.35. The van der Waals surface area contributed by atoms with Crippen molar-refractivity contribution < 1.29 is 4.42 Å². The van der Waals surface area contributed by atoms with Crippen LogP contribution in [0.4, 0.5) is 5.69 Å². The summed E-state index contributed by atoms with van der Waals surface area (Å²) >= 11 is 0. The fraction of sp³-hybridized carbons (Fsp3) is 0.391. The topological polar surface area (TPSA) is 19.6 Å². The third-order valence-corrected chi connectivity index (χ3v) is 5.67. The van der Waals surface area contributed by atoms with Crippen molar-refractivity contribution in [2.24, 2.45) is 0 Å². The van der Waals surface area contributed by atoms with Gasteiger partial charge in [-0.05, 0) is 29.9 Å². The fourth-order valence-electron chi connectivity index (χ4n) is 3.55. The van der Waals surface area contributed by atoms with Gasteiger partial charge in [0, 0.05) is 44.3 Å².